The third kappa shape index (κ3) is 11.1. The molecule has 8 atom stereocenters. The summed E-state index contributed by atoms with van der Waals surface area (Å²) in [6.45, 7) is 23.9. The van der Waals surface area contributed by atoms with Gasteiger partial charge in [0.15, 0.2) is 5.78 Å². The van der Waals surface area contributed by atoms with Gasteiger partial charge in [0.1, 0.15) is 18.3 Å². The standard InChI is InChI=1S/C55H80N4O6/c1-13-39-34(7)41-29-46-48(38(11)60)36(9)43(57-46)27-42-35(8)40(52(58-42)50-51(55(63)64-12)54(62)49-37(10)44(59-53(49)50)28-45(39)56-41)23-24-47(61)65-26-25-33(6)22-16-21-32(5)20-15-19-31(4)18-14-17-30(2)3/h25,27-32,34-35,39-40,51-52,56-59,62H,13-24,26H2,1-12H3/b33-25+,41-29-,42-27-,45-28-/t31-,32-,34-,35+,39-,40+,51-,52-/m1/s1. The summed E-state index contributed by atoms with van der Waals surface area (Å²) in [4.78, 5) is 47.6. The van der Waals surface area contributed by atoms with Crippen LogP contribution >= 0.6 is 0 Å². The second kappa shape index (κ2) is 21.7. The largest absolute Gasteiger partial charge is 0.510 e. The smallest absolute Gasteiger partial charge is 0.320 e. The molecule has 2 saturated heterocycles. The number of nitrogens with one attached hydrogen (secondary N) is 4. The molecule has 0 unspecified atom stereocenters. The number of hydrogen-bond acceptors (Lipinski definition) is 8. The summed E-state index contributed by atoms with van der Waals surface area (Å²) in [6, 6.07) is -0.438. The van der Waals surface area contributed by atoms with Crippen molar-refractivity contribution in [2.45, 2.75) is 159 Å². The average Bonchev–Trinajstić information content (AvgIpc) is 4.00. The molecule has 2 aromatic rings. The molecule has 10 heteroatoms. The number of Topliss-reactive ketones (excluding diaryl/α,β-unsaturated/α-hetero) is 1. The molecule has 6 rings (SSSR count). The second-order valence-corrected chi connectivity index (χ2v) is 20.7. The number of aromatic amines is 2. The van der Waals surface area contributed by atoms with Gasteiger partial charge in [-0.15, -0.1) is 0 Å². The molecule has 356 valence electrons. The lowest BCUT2D eigenvalue weighted by atomic mass is 9.80. The Balaban J connectivity index is 1.21. The first kappa shape index (κ1) is 49.7. The minimum Gasteiger partial charge on any atom is -0.510 e. The topological polar surface area (TPSA) is 146 Å². The highest BCUT2D eigenvalue weighted by atomic mass is 16.5. The van der Waals surface area contributed by atoms with Gasteiger partial charge in [0.25, 0.3) is 0 Å². The lowest BCUT2D eigenvalue weighted by Gasteiger charge is -2.26. The number of aromatic nitrogens is 2. The van der Waals surface area contributed by atoms with Crippen molar-refractivity contribution < 1.29 is 29.0 Å². The molecule has 2 fully saturated rings. The summed E-state index contributed by atoms with van der Waals surface area (Å²) in [5.74, 6) is 0.576. The van der Waals surface area contributed by atoms with Crippen LogP contribution in [-0.2, 0) is 19.1 Å². The van der Waals surface area contributed by atoms with E-state index in [-0.39, 0.29) is 54.2 Å². The lowest BCUT2D eigenvalue weighted by Crippen LogP contribution is -2.38. The molecule has 0 aromatic carbocycles. The van der Waals surface area contributed by atoms with Crippen molar-refractivity contribution in [2.75, 3.05) is 13.7 Å². The SMILES string of the molecule is CC[C@H]1/C2=C/c3[nH]c4c(c3C)=C(O)[C@H](C(=O)OC)C=4[C@@H]3N/C(=C\c4[nH]c(c(C(C)=O)c4C)/C=C(\N2)[C@@H]1C)[C@@H](C)[C@@H]3CCC(=O)OC/C=C(\C)CCC[C@H](C)CCC[C@H](C)CCCC(C)C. The number of hydrogen-bond donors (Lipinski definition) is 5. The van der Waals surface area contributed by atoms with E-state index in [1.165, 1.54) is 57.6 Å². The van der Waals surface area contributed by atoms with E-state index in [1.54, 1.807) is 6.92 Å². The number of rotatable bonds is 20. The summed E-state index contributed by atoms with van der Waals surface area (Å²) in [7, 11) is 1.35. The van der Waals surface area contributed by atoms with E-state index in [1.807, 2.05) is 19.9 Å². The molecule has 65 heavy (non-hydrogen) atoms. The molecule has 2 aromatic heterocycles. The number of esters is 2. The maximum absolute atomic E-state index is 13.7. The Labute approximate surface area is 389 Å². The predicted molar refractivity (Wildman–Crippen MR) is 264 cm³/mol. The highest BCUT2D eigenvalue weighted by molar-refractivity contribution is 6.00. The van der Waals surface area contributed by atoms with Crippen molar-refractivity contribution in [1.29, 1.82) is 0 Å². The van der Waals surface area contributed by atoms with Crippen LogP contribution in [-0.4, -0.2) is 52.6 Å². The Morgan fingerprint density at radius 2 is 1.43 bits per heavy atom. The summed E-state index contributed by atoms with van der Waals surface area (Å²) in [5.41, 5.74) is 9.71. The van der Waals surface area contributed by atoms with Gasteiger partial charge in [-0.3, -0.25) is 14.4 Å². The van der Waals surface area contributed by atoms with Crippen LogP contribution < -0.4 is 21.2 Å². The van der Waals surface area contributed by atoms with Gasteiger partial charge in [-0.2, -0.15) is 0 Å². The zero-order chi connectivity index (χ0) is 47.3. The first-order chi connectivity index (χ1) is 30.9. The van der Waals surface area contributed by atoms with Gasteiger partial charge < -0.3 is 35.2 Å². The second-order valence-electron chi connectivity index (χ2n) is 20.7. The van der Waals surface area contributed by atoms with Crippen LogP contribution in [0.15, 0.2) is 28.7 Å². The van der Waals surface area contributed by atoms with Gasteiger partial charge in [-0.1, -0.05) is 99.0 Å². The van der Waals surface area contributed by atoms with Crippen molar-refractivity contribution in [1.82, 2.24) is 20.6 Å². The zero-order valence-corrected chi connectivity index (χ0v) is 41.7. The fourth-order valence-electron chi connectivity index (χ4n) is 11.3. The van der Waals surface area contributed by atoms with E-state index < -0.39 is 17.9 Å². The average molecular weight is 893 g/mol. The fourth-order valence-corrected chi connectivity index (χ4v) is 11.3. The normalized spacial score (nSPS) is 25.9. The van der Waals surface area contributed by atoms with E-state index in [4.69, 9.17) is 9.47 Å². The number of H-pyrrole nitrogens is 2. The Bertz CT molecular complexity index is 2340. The molecule has 5 heterocycles. The Kier molecular flexibility index (Phi) is 16.6. The van der Waals surface area contributed by atoms with E-state index in [0.717, 1.165) is 82.3 Å². The van der Waals surface area contributed by atoms with Crippen molar-refractivity contribution >= 4 is 47.3 Å². The number of methoxy groups -OCH3 is 1. The van der Waals surface area contributed by atoms with Gasteiger partial charge in [-0.25, -0.2) is 0 Å². The van der Waals surface area contributed by atoms with Gasteiger partial charge in [0, 0.05) is 63.4 Å². The molecule has 4 aliphatic rings. The lowest BCUT2D eigenvalue weighted by molar-refractivity contribution is -0.143. The molecule has 0 amide bonds. The highest BCUT2D eigenvalue weighted by Gasteiger charge is 2.47. The van der Waals surface area contributed by atoms with Gasteiger partial charge in [0.2, 0.25) is 0 Å². The number of aliphatic hydroxyl groups is 1. The third-order valence-electron chi connectivity index (χ3n) is 15.4. The number of fused-ring (bicyclic) bond motifs is 8. The maximum atomic E-state index is 13.7. The molecular formula is C55H80N4O6. The summed E-state index contributed by atoms with van der Waals surface area (Å²) >= 11 is 0. The van der Waals surface area contributed by atoms with E-state index in [9.17, 15) is 19.5 Å². The molecule has 0 spiro atoms. The minimum absolute atomic E-state index is 0.0169. The van der Waals surface area contributed by atoms with Crippen LogP contribution in [0.25, 0.3) is 29.6 Å². The number of carbonyl (C=O) groups excluding carboxylic acids is 3. The van der Waals surface area contributed by atoms with Crippen molar-refractivity contribution in [3.8, 4) is 0 Å². The first-order valence-electron chi connectivity index (χ1n) is 24.9. The zero-order valence-electron chi connectivity index (χ0n) is 41.7. The number of allylic oxidation sites excluding steroid dienone is 4. The monoisotopic (exact) mass is 893 g/mol. The van der Waals surface area contributed by atoms with Gasteiger partial charge in [0.05, 0.1) is 24.2 Å². The summed E-state index contributed by atoms with van der Waals surface area (Å²) in [6.07, 6.45) is 21.2. The molecule has 3 aliphatic heterocycles. The quantitative estimate of drug-likeness (QED) is 0.0502. The number of carbonyl (C=O) groups is 3. The molecule has 8 bridgehead atoms. The van der Waals surface area contributed by atoms with Crippen LogP contribution in [0.2, 0.25) is 0 Å². The molecule has 1 aliphatic carbocycles. The van der Waals surface area contributed by atoms with Crippen LogP contribution in [0.5, 0.6) is 0 Å². The van der Waals surface area contributed by atoms with E-state index in [2.05, 4.69) is 94.2 Å². The summed E-state index contributed by atoms with van der Waals surface area (Å²) in [5, 5.41) is 20.8. The van der Waals surface area contributed by atoms with Crippen molar-refractivity contribution in [3.63, 3.8) is 0 Å². The van der Waals surface area contributed by atoms with Crippen LogP contribution in [0.1, 0.15) is 178 Å². The Hall–Kier alpha value is -4.73. The predicted octanol–water partition coefficient (Wildman–Crippen LogP) is 10.7. The fraction of sp³-hybridized carbons (Fsp3) is 0.618. The highest BCUT2D eigenvalue weighted by Crippen LogP contribution is 2.43. The number of ether oxygens (including phenoxy) is 2. The number of aliphatic hydroxyl groups excluding tert-OH is 1. The van der Waals surface area contributed by atoms with Crippen molar-refractivity contribution in [3.05, 3.63) is 73.1 Å². The minimum atomic E-state index is -1.02. The van der Waals surface area contributed by atoms with Gasteiger partial charge >= 0.3 is 11.9 Å². The summed E-state index contributed by atoms with van der Waals surface area (Å²) < 4.78 is 11.2. The Morgan fingerprint density at radius 3 is 2.08 bits per heavy atom. The number of ketones is 1. The molecule has 5 N–H and O–H groups in total. The molecular weight excluding hydrogens is 813 g/mol. The van der Waals surface area contributed by atoms with Crippen molar-refractivity contribution in [2.24, 2.45) is 47.3 Å². The van der Waals surface area contributed by atoms with Crippen LogP contribution in [0.4, 0.5) is 0 Å². The maximum Gasteiger partial charge on any atom is 0.320 e. The van der Waals surface area contributed by atoms with E-state index in [0.29, 0.717) is 28.1 Å². The molecule has 10 nitrogen and oxygen atoms in total. The first-order valence-corrected chi connectivity index (χ1v) is 24.9. The third-order valence-corrected chi connectivity index (χ3v) is 15.4. The van der Waals surface area contributed by atoms with Crippen LogP contribution in [0.3, 0.4) is 0 Å². The van der Waals surface area contributed by atoms with E-state index >= 15 is 0 Å². The van der Waals surface area contributed by atoms with Crippen LogP contribution in [0, 0.1) is 61.2 Å². The molecule has 0 radical (unpaired) electrons. The molecule has 0 saturated carbocycles. The Morgan fingerprint density at radius 1 is 0.800 bits per heavy atom. The van der Waals surface area contributed by atoms with Gasteiger partial charge in [-0.05, 0) is 118 Å².